The van der Waals surface area contributed by atoms with Crippen LogP contribution in [0.25, 0.3) is 0 Å². The van der Waals surface area contributed by atoms with Gasteiger partial charge in [-0.2, -0.15) is 0 Å². The second-order valence-corrected chi connectivity index (χ2v) is 6.09. The zero-order valence-corrected chi connectivity index (χ0v) is 16.2. The summed E-state index contributed by atoms with van der Waals surface area (Å²) in [7, 11) is 8.50. The van der Waals surface area contributed by atoms with Gasteiger partial charge < -0.3 is 29.4 Å². The average molecular weight is 375 g/mol. The van der Waals surface area contributed by atoms with E-state index in [9.17, 15) is 9.59 Å². The van der Waals surface area contributed by atoms with Crippen molar-refractivity contribution in [2.45, 2.75) is 6.04 Å². The van der Waals surface area contributed by atoms with Crippen molar-refractivity contribution >= 4 is 5.91 Å². The van der Waals surface area contributed by atoms with E-state index in [1.807, 2.05) is 31.1 Å². The first kappa shape index (κ1) is 20.3. The fraction of sp³-hybridized carbons (Fsp3) is 0.368. The molecule has 0 aliphatic rings. The summed E-state index contributed by atoms with van der Waals surface area (Å²) in [5, 5.41) is 2.89. The van der Waals surface area contributed by atoms with E-state index in [-0.39, 0.29) is 17.5 Å². The molecule has 0 spiro atoms. The topological polar surface area (TPSA) is 92.9 Å². The van der Waals surface area contributed by atoms with Crippen LogP contribution in [0.3, 0.4) is 0 Å². The Morgan fingerprint density at radius 2 is 1.74 bits per heavy atom. The maximum absolute atomic E-state index is 12.3. The average Bonchev–Trinajstić information content (AvgIpc) is 2.67. The molecule has 146 valence electrons. The number of rotatable bonds is 8. The minimum Gasteiger partial charge on any atom is -0.493 e. The van der Waals surface area contributed by atoms with E-state index in [2.05, 4.69) is 10.3 Å². The van der Waals surface area contributed by atoms with Crippen LogP contribution >= 0.6 is 0 Å². The second-order valence-electron chi connectivity index (χ2n) is 6.09. The number of nitrogens with zero attached hydrogens (tertiary/aromatic N) is 1. The molecule has 0 saturated heterocycles. The molecule has 2 aromatic rings. The van der Waals surface area contributed by atoms with E-state index in [1.54, 1.807) is 21.3 Å². The van der Waals surface area contributed by atoms with Crippen LogP contribution in [0.4, 0.5) is 0 Å². The van der Waals surface area contributed by atoms with E-state index in [0.717, 1.165) is 5.56 Å². The molecule has 2 N–H and O–H groups in total. The number of hydrogen-bond acceptors (Lipinski definition) is 6. The van der Waals surface area contributed by atoms with Crippen LogP contribution in [0.15, 0.2) is 35.3 Å². The zero-order chi connectivity index (χ0) is 20.0. The number of carbonyl (C=O) groups excluding carboxylic acids is 1. The minimum absolute atomic E-state index is 0.134. The summed E-state index contributed by atoms with van der Waals surface area (Å²) in [5.74, 6) is 1.33. The molecule has 2 rings (SSSR count). The number of methoxy groups -OCH3 is 3. The van der Waals surface area contributed by atoms with Crippen LogP contribution in [0, 0.1) is 0 Å². The number of pyridine rings is 1. The smallest absolute Gasteiger partial charge is 0.252 e. The molecule has 1 aromatic carbocycles. The van der Waals surface area contributed by atoms with Crippen molar-refractivity contribution in [2.24, 2.45) is 0 Å². The third-order valence-corrected chi connectivity index (χ3v) is 4.20. The SMILES string of the molecule is COc1cc(C(CNC(=O)c2ccc(=O)[nH]c2)N(C)C)cc(OC)c1OC. The quantitative estimate of drug-likeness (QED) is 0.725. The first-order chi connectivity index (χ1) is 12.9. The number of likely N-dealkylation sites (N-methyl/N-ethyl adjacent to an activating group) is 1. The summed E-state index contributed by atoms with van der Waals surface area (Å²) in [6.07, 6.45) is 1.39. The highest BCUT2D eigenvalue weighted by molar-refractivity contribution is 5.93. The Morgan fingerprint density at radius 1 is 1.11 bits per heavy atom. The number of H-pyrrole nitrogens is 1. The molecule has 0 radical (unpaired) electrons. The summed E-state index contributed by atoms with van der Waals surface area (Å²) >= 11 is 0. The fourth-order valence-corrected chi connectivity index (χ4v) is 2.74. The summed E-state index contributed by atoms with van der Waals surface area (Å²) in [6.45, 7) is 0.351. The number of amides is 1. The number of aromatic amines is 1. The molecule has 1 amide bonds. The van der Waals surface area contributed by atoms with Gasteiger partial charge in [-0.15, -0.1) is 0 Å². The van der Waals surface area contributed by atoms with Gasteiger partial charge in [0.25, 0.3) is 5.91 Å². The molecule has 8 heteroatoms. The number of benzene rings is 1. The van der Waals surface area contributed by atoms with Gasteiger partial charge in [-0.25, -0.2) is 0 Å². The highest BCUT2D eigenvalue weighted by Gasteiger charge is 2.21. The van der Waals surface area contributed by atoms with Crippen molar-refractivity contribution in [3.05, 3.63) is 51.9 Å². The Morgan fingerprint density at radius 3 is 2.19 bits per heavy atom. The van der Waals surface area contributed by atoms with Crippen molar-refractivity contribution in [2.75, 3.05) is 42.0 Å². The molecule has 27 heavy (non-hydrogen) atoms. The summed E-state index contributed by atoms with van der Waals surface area (Å²) in [4.78, 5) is 27.9. The van der Waals surface area contributed by atoms with Crippen LogP contribution in [-0.2, 0) is 0 Å². The molecule has 0 aliphatic heterocycles. The molecule has 8 nitrogen and oxygen atoms in total. The van der Waals surface area contributed by atoms with Gasteiger partial charge in [-0.05, 0) is 37.9 Å². The highest BCUT2D eigenvalue weighted by Crippen LogP contribution is 2.40. The molecule has 1 atom stereocenters. The number of hydrogen-bond donors (Lipinski definition) is 2. The third-order valence-electron chi connectivity index (χ3n) is 4.20. The molecular weight excluding hydrogens is 350 g/mol. The molecule has 0 aliphatic carbocycles. The molecule has 1 heterocycles. The third kappa shape index (κ3) is 4.79. The summed E-state index contributed by atoms with van der Waals surface area (Å²) in [6, 6.07) is 6.39. The van der Waals surface area contributed by atoms with Crippen LogP contribution < -0.4 is 25.1 Å². The normalized spacial score (nSPS) is 11.8. The number of carbonyl (C=O) groups is 1. The van der Waals surface area contributed by atoms with Crippen LogP contribution in [0.2, 0.25) is 0 Å². The predicted octanol–water partition coefficient (Wildman–Crippen LogP) is 1.43. The number of ether oxygens (including phenoxy) is 3. The first-order valence-electron chi connectivity index (χ1n) is 8.34. The number of nitrogens with one attached hydrogen (secondary N) is 2. The lowest BCUT2D eigenvalue weighted by atomic mass is 10.0. The lowest BCUT2D eigenvalue weighted by Crippen LogP contribution is -2.34. The van der Waals surface area contributed by atoms with Crippen LogP contribution in [0.5, 0.6) is 17.2 Å². The maximum Gasteiger partial charge on any atom is 0.252 e. The van der Waals surface area contributed by atoms with E-state index in [0.29, 0.717) is 29.4 Å². The summed E-state index contributed by atoms with van der Waals surface area (Å²) in [5.41, 5.74) is 1.03. The van der Waals surface area contributed by atoms with E-state index in [1.165, 1.54) is 18.3 Å². The standard InChI is InChI=1S/C19H25N3O5/c1-22(2)14(11-21-19(24)12-6-7-17(23)20-10-12)13-8-15(25-3)18(27-5)16(9-13)26-4/h6-10,14H,11H2,1-5H3,(H,20,23)(H,21,24). The van der Waals surface area contributed by atoms with Gasteiger partial charge in [0, 0.05) is 18.8 Å². The highest BCUT2D eigenvalue weighted by atomic mass is 16.5. The van der Waals surface area contributed by atoms with Gasteiger partial charge in [-0.1, -0.05) is 0 Å². The monoisotopic (exact) mass is 375 g/mol. The largest absolute Gasteiger partial charge is 0.493 e. The Labute approximate surface area is 158 Å². The van der Waals surface area contributed by atoms with Gasteiger partial charge in [0.15, 0.2) is 11.5 Å². The first-order valence-corrected chi connectivity index (χ1v) is 8.34. The fourth-order valence-electron chi connectivity index (χ4n) is 2.74. The second kappa shape index (κ2) is 9.09. The van der Waals surface area contributed by atoms with Crippen molar-refractivity contribution < 1.29 is 19.0 Å². The Hall–Kier alpha value is -3.00. The minimum atomic E-state index is -0.273. The number of aromatic nitrogens is 1. The van der Waals surface area contributed by atoms with E-state index >= 15 is 0 Å². The Balaban J connectivity index is 2.25. The van der Waals surface area contributed by atoms with Gasteiger partial charge in [0.05, 0.1) is 32.9 Å². The zero-order valence-electron chi connectivity index (χ0n) is 16.2. The van der Waals surface area contributed by atoms with Gasteiger partial charge >= 0.3 is 0 Å². The van der Waals surface area contributed by atoms with E-state index in [4.69, 9.17) is 14.2 Å². The lowest BCUT2D eigenvalue weighted by Gasteiger charge is -2.26. The Kier molecular flexibility index (Phi) is 6.84. The molecule has 0 bridgehead atoms. The van der Waals surface area contributed by atoms with Crippen LogP contribution in [-0.4, -0.2) is 57.8 Å². The lowest BCUT2D eigenvalue weighted by molar-refractivity contribution is 0.0941. The van der Waals surface area contributed by atoms with Crippen molar-refractivity contribution in [1.29, 1.82) is 0 Å². The van der Waals surface area contributed by atoms with Crippen molar-refractivity contribution in [3.63, 3.8) is 0 Å². The van der Waals surface area contributed by atoms with E-state index < -0.39 is 0 Å². The predicted molar refractivity (Wildman–Crippen MR) is 102 cm³/mol. The molecule has 0 saturated carbocycles. The van der Waals surface area contributed by atoms with Gasteiger partial charge in [0.2, 0.25) is 11.3 Å². The molecule has 0 fully saturated rings. The van der Waals surface area contributed by atoms with Crippen LogP contribution in [0.1, 0.15) is 22.0 Å². The maximum atomic E-state index is 12.3. The van der Waals surface area contributed by atoms with Gasteiger partial charge in [0.1, 0.15) is 0 Å². The molecule has 1 aromatic heterocycles. The van der Waals surface area contributed by atoms with Crippen molar-refractivity contribution in [1.82, 2.24) is 15.2 Å². The Bertz CT molecular complexity index is 802. The molecule has 1 unspecified atom stereocenters. The molecular formula is C19H25N3O5. The summed E-state index contributed by atoms with van der Waals surface area (Å²) < 4.78 is 16.2. The van der Waals surface area contributed by atoms with Gasteiger partial charge in [-0.3, -0.25) is 9.59 Å². The van der Waals surface area contributed by atoms with Crippen molar-refractivity contribution in [3.8, 4) is 17.2 Å².